The molecular formula is C18H18ClN5O. The predicted molar refractivity (Wildman–Crippen MR) is 99.7 cm³/mol. The number of hydrogen-bond acceptors (Lipinski definition) is 6. The Labute approximate surface area is 151 Å². The van der Waals surface area contributed by atoms with Crippen molar-refractivity contribution in [3.05, 3.63) is 58.1 Å². The minimum atomic E-state index is 0.0730. The number of nitrogens with two attached hydrogens (primary N) is 1. The van der Waals surface area contributed by atoms with Gasteiger partial charge in [0, 0.05) is 10.7 Å². The van der Waals surface area contributed by atoms with E-state index in [9.17, 15) is 0 Å². The quantitative estimate of drug-likeness (QED) is 0.713. The molecule has 7 heteroatoms. The van der Waals surface area contributed by atoms with Crippen LogP contribution in [0.1, 0.15) is 16.7 Å². The maximum absolute atomic E-state index is 5.89. The van der Waals surface area contributed by atoms with Crippen LogP contribution in [0, 0.1) is 20.8 Å². The number of aromatic nitrogens is 3. The molecule has 0 amide bonds. The Balaban J connectivity index is 1.88. The first-order valence-electron chi connectivity index (χ1n) is 7.70. The number of nitrogens with one attached hydrogen (secondary N) is 1. The fourth-order valence-electron chi connectivity index (χ4n) is 2.56. The van der Waals surface area contributed by atoms with Crippen molar-refractivity contribution in [3.8, 4) is 11.8 Å². The van der Waals surface area contributed by atoms with Gasteiger partial charge in [-0.25, -0.2) is 0 Å². The predicted octanol–water partition coefficient (Wildman–Crippen LogP) is 4.57. The van der Waals surface area contributed by atoms with Gasteiger partial charge in [-0.1, -0.05) is 29.3 Å². The molecule has 0 aliphatic rings. The zero-order chi connectivity index (χ0) is 18.0. The minimum Gasteiger partial charge on any atom is -0.424 e. The zero-order valence-electron chi connectivity index (χ0n) is 14.2. The fourth-order valence-corrected chi connectivity index (χ4v) is 2.68. The molecule has 3 N–H and O–H groups in total. The maximum atomic E-state index is 5.89. The molecule has 0 aliphatic heterocycles. The summed E-state index contributed by atoms with van der Waals surface area (Å²) in [5.41, 5.74) is 9.74. The summed E-state index contributed by atoms with van der Waals surface area (Å²) in [7, 11) is 0. The minimum absolute atomic E-state index is 0.0730. The molecule has 0 atom stereocenters. The van der Waals surface area contributed by atoms with Gasteiger partial charge in [0.1, 0.15) is 5.75 Å². The van der Waals surface area contributed by atoms with Crippen LogP contribution in [-0.2, 0) is 0 Å². The largest absolute Gasteiger partial charge is 0.424 e. The number of nitrogen functional groups attached to an aromatic ring is 1. The second-order valence-electron chi connectivity index (χ2n) is 5.76. The highest BCUT2D eigenvalue weighted by atomic mass is 35.5. The number of rotatable bonds is 4. The molecule has 3 aromatic rings. The van der Waals surface area contributed by atoms with E-state index in [0.29, 0.717) is 16.7 Å². The first-order valence-corrected chi connectivity index (χ1v) is 8.08. The number of ether oxygens (including phenoxy) is 1. The van der Waals surface area contributed by atoms with Crippen LogP contribution >= 0.6 is 11.6 Å². The third-order valence-corrected chi connectivity index (χ3v) is 3.78. The molecule has 0 saturated heterocycles. The smallest absolute Gasteiger partial charge is 0.328 e. The van der Waals surface area contributed by atoms with Crippen molar-refractivity contribution in [2.24, 2.45) is 0 Å². The van der Waals surface area contributed by atoms with Crippen LogP contribution in [0.5, 0.6) is 11.8 Å². The number of aryl methyl sites for hydroxylation is 3. The summed E-state index contributed by atoms with van der Waals surface area (Å²) in [6.07, 6.45) is 0. The number of hydrogen-bond donors (Lipinski definition) is 2. The molecule has 0 radical (unpaired) electrons. The lowest BCUT2D eigenvalue weighted by molar-refractivity contribution is 0.435. The third-order valence-electron chi connectivity index (χ3n) is 3.53. The van der Waals surface area contributed by atoms with Gasteiger partial charge >= 0.3 is 6.01 Å². The summed E-state index contributed by atoms with van der Waals surface area (Å²) in [5.74, 6) is 1.09. The molecule has 6 nitrogen and oxygen atoms in total. The van der Waals surface area contributed by atoms with Gasteiger partial charge in [0.2, 0.25) is 11.9 Å². The van der Waals surface area contributed by atoms with Crippen LogP contribution < -0.4 is 15.8 Å². The Bertz CT molecular complexity index is 889. The van der Waals surface area contributed by atoms with E-state index in [-0.39, 0.29) is 12.0 Å². The molecule has 0 fully saturated rings. The molecule has 0 aliphatic carbocycles. The normalized spacial score (nSPS) is 10.6. The topological polar surface area (TPSA) is 86.0 Å². The van der Waals surface area contributed by atoms with Gasteiger partial charge in [0.25, 0.3) is 0 Å². The Hall–Kier alpha value is -2.86. The summed E-state index contributed by atoms with van der Waals surface area (Å²) < 4.78 is 5.87. The second-order valence-corrected chi connectivity index (χ2v) is 6.20. The molecule has 3 rings (SSSR count). The molecule has 0 saturated carbocycles. The molecule has 25 heavy (non-hydrogen) atoms. The lowest BCUT2D eigenvalue weighted by atomic mass is 10.1. The highest BCUT2D eigenvalue weighted by Crippen LogP contribution is 2.29. The molecule has 0 bridgehead atoms. The number of benzene rings is 2. The Morgan fingerprint density at radius 3 is 2.24 bits per heavy atom. The molecule has 1 heterocycles. The van der Waals surface area contributed by atoms with Gasteiger partial charge < -0.3 is 15.8 Å². The number of nitrogens with zero attached hydrogens (tertiary/aromatic N) is 3. The van der Waals surface area contributed by atoms with Crippen LogP contribution in [-0.4, -0.2) is 15.0 Å². The van der Waals surface area contributed by atoms with Gasteiger partial charge in [-0.15, -0.1) is 0 Å². The van der Waals surface area contributed by atoms with Gasteiger partial charge in [-0.05, 0) is 56.2 Å². The van der Waals surface area contributed by atoms with Crippen LogP contribution in [0.15, 0.2) is 36.4 Å². The Morgan fingerprint density at radius 2 is 1.60 bits per heavy atom. The average Bonchev–Trinajstić information content (AvgIpc) is 2.52. The van der Waals surface area contributed by atoms with E-state index in [1.165, 1.54) is 5.56 Å². The first-order chi connectivity index (χ1) is 11.9. The van der Waals surface area contributed by atoms with Gasteiger partial charge in [0.15, 0.2) is 0 Å². The Kier molecular flexibility index (Phi) is 4.72. The first kappa shape index (κ1) is 17.0. The van der Waals surface area contributed by atoms with Crippen molar-refractivity contribution in [2.45, 2.75) is 20.8 Å². The van der Waals surface area contributed by atoms with Crippen LogP contribution in [0.3, 0.4) is 0 Å². The highest BCUT2D eigenvalue weighted by Gasteiger charge is 2.11. The third kappa shape index (κ3) is 4.16. The Morgan fingerprint density at radius 1 is 0.960 bits per heavy atom. The number of halogens is 1. The molecule has 0 spiro atoms. The van der Waals surface area contributed by atoms with E-state index in [4.69, 9.17) is 22.1 Å². The van der Waals surface area contributed by atoms with Crippen LogP contribution in [0.25, 0.3) is 0 Å². The zero-order valence-corrected chi connectivity index (χ0v) is 14.9. The standard InChI is InChI=1S/C18H18ClN5O/c1-10-8-11(2)15(12(3)9-10)25-18-23-16(20)22-17(24-18)21-14-6-4-13(19)5-7-14/h4-9H,1-3H3,(H3,20,21,22,23,24). The van der Waals surface area contributed by atoms with Crippen LogP contribution in [0.2, 0.25) is 5.02 Å². The van der Waals surface area contributed by atoms with E-state index in [0.717, 1.165) is 16.8 Å². The van der Waals surface area contributed by atoms with Crippen molar-refractivity contribution < 1.29 is 4.74 Å². The summed E-state index contributed by atoms with van der Waals surface area (Å²) in [5, 5.41) is 3.70. The second kappa shape index (κ2) is 6.94. The lowest BCUT2D eigenvalue weighted by Crippen LogP contribution is -2.05. The molecule has 128 valence electrons. The van der Waals surface area contributed by atoms with Gasteiger partial charge in [0.05, 0.1) is 0 Å². The summed E-state index contributed by atoms with van der Waals surface area (Å²) in [6.45, 7) is 6.00. The SMILES string of the molecule is Cc1cc(C)c(Oc2nc(N)nc(Nc3ccc(Cl)cc3)n2)c(C)c1. The van der Waals surface area contributed by atoms with E-state index in [2.05, 4.69) is 20.3 Å². The van der Waals surface area contributed by atoms with E-state index < -0.39 is 0 Å². The maximum Gasteiger partial charge on any atom is 0.328 e. The van der Waals surface area contributed by atoms with Crippen molar-refractivity contribution in [3.63, 3.8) is 0 Å². The fraction of sp³-hybridized carbons (Fsp3) is 0.167. The summed E-state index contributed by atoms with van der Waals surface area (Å²) in [6, 6.07) is 11.4. The van der Waals surface area contributed by atoms with Crippen molar-refractivity contribution in [2.75, 3.05) is 11.1 Å². The van der Waals surface area contributed by atoms with E-state index in [1.54, 1.807) is 12.1 Å². The number of anilines is 3. The average molecular weight is 356 g/mol. The summed E-state index contributed by atoms with van der Waals surface area (Å²) >= 11 is 5.89. The van der Waals surface area contributed by atoms with Gasteiger partial charge in [-0.3, -0.25) is 0 Å². The molecule has 2 aromatic carbocycles. The molecule has 0 unspecified atom stereocenters. The monoisotopic (exact) mass is 355 g/mol. The molecular weight excluding hydrogens is 338 g/mol. The van der Waals surface area contributed by atoms with Crippen molar-refractivity contribution >= 4 is 29.2 Å². The summed E-state index contributed by atoms with van der Waals surface area (Å²) in [4.78, 5) is 12.4. The highest BCUT2D eigenvalue weighted by molar-refractivity contribution is 6.30. The molecule has 1 aromatic heterocycles. The van der Waals surface area contributed by atoms with E-state index >= 15 is 0 Å². The van der Waals surface area contributed by atoms with Crippen LogP contribution in [0.4, 0.5) is 17.6 Å². The van der Waals surface area contributed by atoms with Crippen molar-refractivity contribution in [1.82, 2.24) is 15.0 Å². The van der Waals surface area contributed by atoms with Crippen molar-refractivity contribution in [1.29, 1.82) is 0 Å². The van der Waals surface area contributed by atoms with Gasteiger partial charge in [-0.2, -0.15) is 15.0 Å². The lowest BCUT2D eigenvalue weighted by Gasteiger charge is -2.12. The van der Waals surface area contributed by atoms with E-state index in [1.807, 2.05) is 45.0 Å².